The highest BCUT2D eigenvalue weighted by Crippen LogP contribution is 2.27. The Morgan fingerprint density at radius 2 is 2.20 bits per heavy atom. The smallest absolute Gasteiger partial charge is 0.340 e. The zero-order chi connectivity index (χ0) is 10.8. The van der Waals surface area contributed by atoms with Crippen LogP contribution in [-0.4, -0.2) is 12.1 Å². The van der Waals surface area contributed by atoms with Gasteiger partial charge < -0.3 is 10.5 Å². The van der Waals surface area contributed by atoms with Crippen molar-refractivity contribution < 1.29 is 9.53 Å². The largest absolute Gasteiger partial charge is 0.459 e. The molecule has 0 spiro atoms. The van der Waals surface area contributed by atoms with Gasteiger partial charge in [-0.05, 0) is 31.4 Å². The van der Waals surface area contributed by atoms with Crippen molar-refractivity contribution in [1.82, 2.24) is 0 Å². The Kier molecular flexibility index (Phi) is 2.82. The Bertz CT molecular complexity index is 388. The van der Waals surface area contributed by atoms with Crippen LogP contribution in [0.25, 0.3) is 0 Å². The van der Waals surface area contributed by atoms with Crippen molar-refractivity contribution in [2.75, 3.05) is 5.73 Å². The number of anilines is 1. The molecule has 2 rings (SSSR count). The van der Waals surface area contributed by atoms with Gasteiger partial charge in [0.2, 0.25) is 0 Å². The molecule has 0 aromatic heterocycles. The predicted molar refractivity (Wildman–Crippen MR) is 58.9 cm³/mol. The third kappa shape index (κ3) is 2.07. The maximum atomic E-state index is 11.7. The van der Waals surface area contributed by atoms with Crippen molar-refractivity contribution >= 4 is 23.3 Å². The number of benzene rings is 1. The van der Waals surface area contributed by atoms with Crippen LogP contribution in [0.5, 0.6) is 0 Å². The summed E-state index contributed by atoms with van der Waals surface area (Å²) in [4.78, 5) is 11.7. The van der Waals surface area contributed by atoms with Gasteiger partial charge in [0.25, 0.3) is 0 Å². The van der Waals surface area contributed by atoms with Crippen LogP contribution in [0.3, 0.4) is 0 Å². The van der Waals surface area contributed by atoms with Crippen molar-refractivity contribution in [3.8, 4) is 0 Å². The van der Waals surface area contributed by atoms with E-state index in [9.17, 15) is 4.79 Å². The molecule has 80 valence electrons. The molecular weight excluding hydrogens is 214 g/mol. The molecule has 2 N–H and O–H groups in total. The molecule has 0 heterocycles. The molecule has 1 aliphatic carbocycles. The summed E-state index contributed by atoms with van der Waals surface area (Å²) in [5.74, 6) is -0.378. The Morgan fingerprint density at radius 1 is 1.47 bits per heavy atom. The lowest BCUT2D eigenvalue weighted by atomic mass is 9.96. The Morgan fingerprint density at radius 3 is 2.80 bits per heavy atom. The predicted octanol–water partition coefficient (Wildman–Crippen LogP) is 2.63. The molecule has 15 heavy (non-hydrogen) atoms. The third-order valence-corrected chi connectivity index (χ3v) is 3.00. The Balaban J connectivity index is 2.13. The van der Waals surface area contributed by atoms with E-state index in [0.29, 0.717) is 11.3 Å². The number of carbonyl (C=O) groups excluding carboxylic acids is 1. The van der Waals surface area contributed by atoms with Gasteiger partial charge in [-0.15, -0.1) is 0 Å². The van der Waals surface area contributed by atoms with Gasteiger partial charge in [0.15, 0.2) is 0 Å². The summed E-state index contributed by atoms with van der Waals surface area (Å²) < 4.78 is 5.23. The molecule has 3 nitrogen and oxygen atoms in total. The molecule has 0 amide bonds. The zero-order valence-corrected chi connectivity index (χ0v) is 8.96. The lowest BCUT2D eigenvalue weighted by Crippen LogP contribution is -2.25. The third-order valence-electron chi connectivity index (χ3n) is 2.57. The molecular formula is C11H12ClNO2. The average molecular weight is 226 g/mol. The minimum absolute atomic E-state index is 0.0648. The fraction of sp³-hybridized carbons (Fsp3) is 0.364. The first-order chi connectivity index (χ1) is 7.18. The molecule has 1 aliphatic rings. The number of nitrogen functional groups attached to an aromatic ring is 1. The monoisotopic (exact) mass is 225 g/mol. The van der Waals surface area contributed by atoms with E-state index in [0.717, 1.165) is 19.3 Å². The van der Waals surface area contributed by atoms with Crippen LogP contribution in [0.15, 0.2) is 18.2 Å². The summed E-state index contributed by atoms with van der Waals surface area (Å²) in [5, 5.41) is 0.279. The van der Waals surface area contributed by atoms with Crippen molar-refractivity contribution in [3.63, 3.8) is 0 Å². The summed E-state index contributed by atoms with van der Waals surface area (Å²) in [5.41, 5.74) is 6.35. The van der Waals surface area contributed by atoms with Crippen molar-refractivity contribution in [1.29, 1.82) is 0 Å². The first kappa shape index (κ1) is 10.3. The highest BCUT2D eigenvalue weighted by molar-refractivity contribution is 6.36. The van der Waals surface area contributed by atoms with Crippen molar-refractivity contribution in [2.45, 2.75) is 25.4 Å². The first-order valence-corrected chi connectivity index (χ1v) is 5.31. The summed E-state index contributed by atoms with van der Waals surface area (Å²) in [7, 11) is 0. The topological polar surface area (TPSA) is 52.3 Å². The minimum atomic E-state index is -0.378. The number of esters is 1. The van der Waals surface area contributed by atoms with Gasteiger partial charge in [-0.25, -0.2) is 4.79 Å². The van der Waals surface area contributed by atoms with E-state index in [4.69, 9.17) is 22.1 Å². The molecule has 0 saturated heterocycles. The van der Waals surface area contributed by atoms with Gasteiger partial charge in [0.1, 0.15) is 6.10 Å². The lowest BCUT2D eigenvalue weighted by molar-refractivity contribution is 0.00903. The fourth-order valence-corrected chi connectivity index (χ4v) is 1.61. The molecule has 1 saturated carbocycles. The molecule has 0 atom stereocenters. The second kappa shape index (κ2) is 4.11. The second-order valence-corrected chi connectivity index (χ2v) is 4.04. The van der Waals surface area contributed by atoms with Crippen molar-refractivity contribution in [3.05, 3.63) is 28.8 Å². The van der Waals surface area contributed by atoms with E-state index in [1.54, 1.807) is 18.2 Å². The summed E-state index contributed by atoms with van der Waals surface area (Å²) in [6, 6.07) is 4.97. The van der Waals surface area contributed by atoms with Gasteiger partial charge in [-0.2, -0.15) is 0 Å². The van der Waals surface area contributed by atoms with Crippen LogP contribution >= 0.6 is 11.6 Å². The molecule has 4 heteroatoms. The molecule has 0 radical (unpaired) electrons. The summed E-state index contributed by atoms with van der Waals surface area (Å²) in [6.45, 7) is 0. The zero-order valence-electron chi connectivity index (χ0n) is 8.20. The van der Waals surface area contributed by atoms with Crippen molar-refractivity contribution in [2.24, 2.45) is 0 Å². The first-order valence-electron chi connectivity index (χ1n) is 4.93. The number of carbonyl (C=O) groups is 1. The van der Waals surface area contributed by atoms with Gasteiger partial charge in [0, 0.05) is 0 Å². The van der Waals surface area contributed by atoms with E-state index < -0.39 is 0 Å². The molecule has 1 aromatic rings. The summed E-state index contributed by atoms with van der Waals surface area (Å²) in [6.07, 6.45) is 3.09. The van der Waals surface area contributed by atoms with Gasteiger partial charge in [-0.1, -0.05) is 17.7 Å². The van der Waals surface area contributed by atoms with E-state index in [1.807, 2.05) is 0 Å². The van der Waals surface area contributed by atoms with Crippen LogP contribution < -0.4 is 5.73 Å². The molecule has 1 aromatic carbocycles. The van der Waals surface area contributed by atoms with E-state index in [2.05, 4.69) is 0 Å². The maximum absolute atomic E-state index is 11.7. The molecule has 1 fully saturated rings. The van der Waals surface area contributed by atoms with Crippen LogP contribution in [0.1, 0.15) is 29.6 Å². The lowest BCUT2D eigenvalue weighted by Gasteiger charge is -2.25. The van der Waals surface area contributed by atoms with Gasteiger partial charge in [-0.3, -0.25) is 0 Å². The number of ether oxygens (including phenoxy) is 1. The highest BCUT2D eigenvalue weighted by atomic mass is 35.5. The van der Waals surface area contributed by atoms with Crippen LogP contribution in [-0.2, 0) is 4.74 Å². The number of rotatable bonds is 2. The Labute approximate surface area is 93.2 Å². The number of nitrogens with two attached hydrogens (primary N) is 1. The minimum Gasteiger partial charge on any atom is -0.459 e. The molecule has 0 aliphatic heterocycles. The average Bonchev–Trinajstić information content (AvgIpc) is 2.15. The second-order valence-electron chi connectivity index (χ2n) is 3.67. The quantitative estimate of drug-likeness (QED) is 0.622. The number of hydrogen-bond acceptors (Lipinski definition) is 3. The van der Waals surface area contributed by atoms with E-state index in [-0.39, 0.29) is 17.1 Å². The maximum Gasteiger partial charge on any atom is 0.340 e. The molecule has 0 bridgehead atoms. The van der Waals surface area contributed by atoms with Gasteiger partial charge in [0.05, 0.1) is 16.3 Å². The van der Waals surface area contributed by atoms with Crippen LogP contribution in [0, 0.1) is 0 Å². The van der Waals surface area contributed by atoms with Gasteiger partial charge >= 0.3 is 5.97 Å². The molecule has 0 unspecified atom stereocenters. The Hall–Kier alpha value is -1.22. The standard InChI is InChI=1S/C11H12ClNO2/c12-10-8(5-2-6-9(10)13)11(14)15-7-3-1-4-7/h2,5-7H,1,3-4,13H2. The summed E-state index contributed by atoms with van der Waals surface area (Å²) >= 11 is 5.91. The highest BCUT2D eigenvalue weighted by Gasteiger charge is 2.23. The number of hydrogen-bond donors (Lipinski definition) is 1. The van der Waals surface area contributed by atoms with E-state index in [1.165, 1.54) is 0 Å². The normalized spacial score (nSPS) is 15.8. The van der Waals surface area contributed by atoms with Crippen LogP contribution in [0.4, 0.5) is 5.69 Å². The number of halogens is 1. The van der Waals surface area contributed by atoms with E-state index >= 15 is 0 Å². The van der Waals surface area contributed by atoms with Crippen LogP contribution in [0.2, 0.25) is 5.02 Å². The fourth-order valence-electron chi connectivity index (χ4n) is 1.41. The SMILES string of the molecule is Nc1cccc(C(=O)OC2CCC2)c1Cl.